The Morgan fingerprint density at radius 1 is 1.40 bits per heavy atom. The summed E-state index contributed by atoms with van der Waals surface area (Å²) >= 11 is 0. The molecule has 0 aromatic carbocycles. The van der Waals surface area contributed by atoms with Crippen molar-refractivity contribution >= 4 is 5.91 Å². The van der Waals surface area contributed by atoms with Crippen LogP contribution in [0, 0.1) is 0 Å². The molecule has 0 aromatic heterocycles. The second-order valence-corrected chi connectivity index (χ2v) is 4.83. The van der Waals surface area contributed by atoms with E-state index in [0.717, 1.165) is 13.0 Å². The van der Waals surface area contributed by atoms with Crippen LogP contribution in [-0.4, -0.2) is 54.0 Å². The van der Waals surface area contributed by atoms with E-state index in [0.29, 0.717) is 18.6 Å². The van der Waals surface area contributed by atoms with Gasteiger partial charge in [-0.25, -0.2) is 0 Å². The Morgan fingerprint density at radius 2 is 2.07 bits per heavy atom. The smallest absolute Gasteiger partial charge is 0.240 e. The largest absolute Gasteiger partial charge is 0.344 e. The number of rotatable bonds is 2. The first kappa shape index (κ1) is 10.9. The van der Waals surface area contributed by atoms with E-state index in [1.165, 1.54) is 12.8 Å². The molecule has 2 unspecified atom stereocenters. The molecule has 2 rings (SSSR count). The first-order valence-corrected chi connectivity index (χ1v) is 5.87. The number of carbonyl (C=O) groups excluding carboxylic acids is 1. The molecule has 4 nitrogen and oxygen atoms in total. The van der Waals surface area contributed by atoms with Crippen LogP contribution in [0.3, 0.4) is 0 Å². The maximum Gasteiger partial charge on any atom is 0.240 e. The zero-order chi connectivity index (χ0) is 11.0. The van der Waals surface area contributed by atoms with Crippen molar-refractivity contribution in [2.24, 2.45) is 5.73 Å². The van der Waals surface area contributed by atoms with Crippen LogP contribution in [0.4, 0.5) is 0 Å². The van der Waals surface area contributed by atoms with Crippen molar-refractivity contribution in [1.29, 1.82) is 0 Å². The summed E-state index contributed by atoms with van der Waals surface area (Å²) in [5.41, 5.74) is 5.75. The molecule has 1 amide bonds. The third kappa shape index (κ3) is 2.01. The number of amides is 1. The second kappa shape index (κ2) is 4.10. The van der Waals surface area contributed by atoms with Crippen molar-refractivity contribution in [3.8, 4) is 0 Å². The summed E-state index contributed by atoms with van der Waals surface area (Å²) in [4.78, 5) is 16.3. The molecule has 4 heteroatoms. The van der Waals surface area contributed by atoms with Crippen molar-refractivity contribution in [2.75, 3.05) is 20.1 Å². The third-order valence-corrected chi connectivity index (χ3v) is 3.60. The third-order valence-electron chi connectivity index (χ3n) is 3.60. The molecule has 2 fully saturated rings. The average Bonchev–Trinajstić information content (AvgIpc) is 3.03. The highest BCUT2D eigenvalue weighted by atomic mass is 16.2. The molecule has 1 heterocycles. The van der Waals surface area contributed by atoms with Crippen LogP contribution < -0.4 is 5.73 Å². The molecule has 2 aliphatic rings. The molecule has 1 aliphatic heterocycles. The van der Waals surface area contributed by atoms with Gasteiger partial charge in [0.2, 0.25) is 5.91 Å². The van der Waals surface area contributed by atoms with Gasteiger partial charge in [0.1, 0.15) is 6.04 Å². The lowest BCUT2D eigenvalue weighted by molar-refractivity contribution is -0.134. The van der Waals surface area contributed by atoms with Gasteiger partial charge >= 0.3 is 0 Å². The maximum atomic E-state index is 12.1. The molecule has 0 radical (unpaired) electrons. The van der Waals surface area contributed by atoms with Crippen LogP contribution in [0.25, 0.3) is 0 Å². The summed E-state index contributed by atoms with van der Waals surface area (Å²) in [7, 11) is 1.88. The summed E-state index contributed by atoms with van der Waals surface area (Å²) < 4.78 is 0. The van der Waals surface area contributed by atoms with E-state index < -0.39 is 0 Å². The Bertz CT molecular complexity index is 252. The van der Waals surface area contributed by atoms with E-state index in [2.05, 4.69) is 11.8 Å². The number of hydrogen-bond acceptors (Lipinski definition) is 3. The summed E-state index contributed by atoms with van der Waals surface area (Å²) in [6.07, 6.45) is 3.53. The quantitative estimate of drug-likeness (QED) is 0.701. The van der Waals surface area contributed by atoms with E-state index in [-0.39, 0.29) is 11.9 Å². The van der Waals surface area contributed by atoms with Crippen LogP contribution in [-0.2, 0) is 4.79 Å². The number of nitrogens with two attached hydrogens (primary N) is 1. The number of carbonyl (C=O) groups is 1. The van der Waals surface area contributed by atoms with Crippen LogP contribution in [0.15, 0.2) is 0 Å². The number of likely N-dealkylation sites (N-methyl/N-ethyl adjacent to an activating group) is 1. The van der Waals surface area contributed by atoms with Gasteiger partial charge in [0.05, 0.1) is 0 Å². The standard InChI is InChI=1S/C11H21N3O/c1-8-5-6-13(2)11(15)10(7-12)14(8)9-3-4-9/h8-10H,3-7,12H2,1-2H3. The Kier molecular flexibility index (Phi) is 2.98. The lowest BCUT2D eigenvalue weighted by Gasteiger charge is -2.32. The van der Waals surface area contributed by atoms with Gasteiger partial charge in [-0.15, -0.1) is 0 Å². The molecule has 1 saturated heterocycles. The summed E-state index contributed by atoms with van der Waals surface area (Å²) in [6.45, 7) is 3.52. The Morgan fingerprint density at radius 3 is 2.60 bits per heavy atom. The first-order chi connectivity index (χ1) is 7.15. The summed E-state index contributed by atoms with van der Waals surface area (Å²) in [6, 6.07) is 1.02. The highest BCUT2D eigenvalue weighted by Gasteiger charge is 2.41. The molecule has 0 aromatic rings. The minimum atomic E-state index is -0.0833. The summed E-state index contributed by atoms with van der Waals surface area (Å²) in [5, 5.41) is 0. The molecule has 1 aliphatic carbocycles. The SMILES string of the molecule is CC1CCN(C)C(=O)C(CN)N1C1CC1. The van der Waals surface area contributed by atoms with Gasteiger partial charge in [-0.05, 0) is 26.2 Å². The normalized spacial score (nSPS) is 34.3. The van der Waals surface area contributed by atoms with E-state index in [4.69, 9.17) is 5.73 Å². The van der Waals surface area contributed by atoms with Crippen molar-refractivity contribution in [2.45, 2.75) is 44.3 Å². The zero-order valence-electron chi connectivity index (χ0n) is 9.65. The van der Waals surface area contributed by atoms with E-state index in [1.54, 1.807) is 0 Å². The number of hydrogen-bond donors (Lipinski definition) is 1. The van der Waals surface area contributed by atoms with Crippen molar-refractivity contribution in [3.05, 3.63) is 0 Å². The molecule has 0 spiro atoms. The fourth-order valence-electron chi connectivity index (χ4n) is 2.54. The maximum absolute atomic E-state index is 12.1. The van der Waals surface area contributed by atoms with Gasteiger partial charge in [0, 0.05) is 32.2 Å². The van der Waals surface area contributed by atoms with Crippen LogP contribution >= 0.6 is 0 Å². The molecular formula is C11H21N3O. The van der Waals surface area contributed by atoms with Crippen molar-refractivity contribution < 1.29 is 4.79 Å². The van der Waals surface area contributed by atoms with Gasteiger partial charge in [0.25, 0.3) is 0 Å². The van der Waals surface area contributed by atoms with Gasteiger partial charge < -0.3 is 10.6 Å². The highest BCUT2D eigenvalue weighted by molar-refractivity contribution is 5.82. The van der Waals surface area contributed by atoms with Crippen molar-refractivity contribution in [1.82, 2.24) is 9.80 Å². The fraction of sp³-hybridized carbons (Fsp3) is 0.909. The molecule has 1 saturated carbocycles. The Labute approximate surface area is 91.4 Å². The predicted octanol–water partition coefficient (Wildman–Crippen LogP) is 0.0287. The van der Waals surface area contributed by atoms with E-state index in [1.807, 2.05) is 11.9 Å². The molecule has 15 heavy (non-hydrogen) atoms. The van der Waals surface area contributed by atoms with Crippen molar-refractivity contribution in [3.63, 3.8) is 0 Å². The van der Waals surface area contributed by atoms with Gasteiger partial charge in [-0.1, -0.05) is 0 Å². The number of nitrogens with zero attached hydrogens (tertiary/aromatic N) is 2. The van der Waals surface area contributed by atoms with E-state index >= 15 is 0 Å². The van der Waals surface area contributed by atoms with Gasteiger partial charge in [-0.2, -0.15) is 0 Å². The topological polar surface area (TPSA) is 49.6 Å². The first-order valence-electron chi connectivity index (χ1n) is 5.87. The van der Waals surface area contributed by atoms with E-state index in [9.17, 15) is 4.79 Å². The lowest BCUT2D eigenvalue weighted by atomic mass is 10.1. The Balaban J connectivity index is 2.19. The highest BCUT2D eigenvalue weighted by Crippen LogP contribution is 2.32. The molecule has 0 bridgehead atoms. The average molecular weight is 211 g/mol. The van der Waals surface area contributed by atoms with Crippen LogP contribution in [0.1, 0.15) is 26.2 Å². The second-order valence-electron chi connectivity index (χ2n) is 4.83. The lowest BCUT2D eigenvalue weighted by Crippen LogP contribution is -2.52. The zero-order valence-corrected chi connectivity index (χ0v) is 9.65. The minimum Gasteiger partial charge on any atom is -0.344 e. The van der Waals surface area contributed by atoms with Crippen LogP contribution in [0.2, 0.25) is 0 Å². The molecule has 2 N–H and O–H groups in total. The van der Waals surface area contributed by atoms with Gasteiger partial charge in [0.15, 0.2) is 0 Å². The predicted molar refractivity (Wildman–Crippen MR) is 59.4 cm³/mol. The van der Waals surface area contributed by atoms with Gasteiger partial charge in [-0.3, -0.25) is 9.69 Å². The monoisotopic (exact) mass is 211 g/mol. The minimum absolute atomic E-state index is 0.0833. The fourth-order valence-corrected chi connectivity index (χ4v) is 2.54. The summed E-state index contributed by atoms with van der Waals surface area (Å²) in [5.74, 6) is 0.203. The van der Waals surface area contributed by atoms with Crippen LogP contribution in [0.5, 0.6) is 0 Å². The molecule has 2 atom stereocenters. The molecular weight excluding hydrogens is 190 g/mol. The Hall–Kier alpha value is -0.610. The molecule has 86 valence electrons.